The topological polar surface area (TPSA) is 69.7 Å². The fraction of sp³-hybridized carbons (Fsp3) is 0.409. The summed E-state index contributed by atoms with van der Waals surface area (Å²) in [5.41, 5.74) is 2.50. The molecule has 8 heteroatoms. The van der Waals surface area contributed by atoms with Crippen LogP contribution in [0.2, 0.25) is 0 Å². The van der Waals surface area contributed by atoms with Gasteiger partial charge in [-0.25, -0.2) is 0 Å². The summed E-state index contributed by atoms with van der Waals surface area (Å²) in [5, 5.41) is 3.45. The molecule has 1 N–H and O–H groups in total. The maximum absolute atomic E-state index is 13.4. The molecule has 4 rings (SSSR count). The predicted octanol–water partition coefficient (Wildman–Crippen LogP) is 4.46. The largest absolute Gasteiger partial charge is 0.339 e. The number of thioether (sulfide) groups is 1. The van der Waals surface area contributed by atoms with E-state index >= 15 is 0 Å². The lowest BCUT2D eigenvalue weighted by Gasteiger charge is -2.27. The molecule has 0 spiro atoms. The van der Waals surface area contributed by atoms with Gasteiger partial charge >= 0.3 is 0 Å². The maximum Gasteiger partial charge on any atom is 0.282 e. The molecule has 1 aromatic heterocycles. The Morgan fingerprint density at radius 2 is 1.80 bits per heavy atom. The van der Waals surface area contributed by atoms with Crippen molar-refractivity contribution in [2.45, 2.75) is 26.2 Å². The van der Waals surface area contributed by atoms with E-state index in [1.54, 1.807) is 4.90 Å². The monoisotopic (exact) mass is 443 g/mol. The minimum absolute atomic E-state index is 0.0147. The molecule has 2 aromatic rings. The second-order valence-corrected chi connectivity index (χ2v) is 9.63. The molecule has 158 valence electrons. The SMILES string of the molecule is Cc1c(-c2ccccc2)sc(NC(=O)CN2CCSC2=O)c1C(=O)N1CCCCC1. The Morgan fingerprint density at radius 3 is 2.47 bits per heavy atom. The van der Waals surface area contributed by atoms with Gasteiger partial charge in [-0.05, 0) is 37.3 Å². The molecule has 1 aromatic carbocycles. The standard InChI is InChI=1S/C22H25N3O3S2/c1-15-18(21(27)24-10-6-3-7-11-24)20(30-19(15)16-8-4-2-5-9-16)23-17(26)14-25-12-13-29-22(25)28/h2,4-5,8-9H,3,6-7,10-14H2,1H3,(H,23,26). The number of thiophene rings is 1. The molecule has 2 aliphatic heterocycles. The zero-order valence-electron chi connectivity index (χ0n) is 17.0. The first kappa shape index (κ1) is 20.9. The van der Waals surface area contributed by atoms with E-state index in [0.717, 1.165) is 48.4 Å². The van der Waals surface area contributed by atoms with E-state index in [0.29, 0.717) is 22.9 Å². The zero-order valence-corrected chi connectivity index (χ0v) is 18.6. The van der Waals surface area contributed by atoms with Crippen LogP contribution in [0.25, 0.3) is 10.4 Å². The summed E-state index contributed by atoms with van der Waals surface area (Å²) in [6.45, 7) is 4.05. The van der Waals surface area contributed by atoms with Crippen molar-refractivity contribution >= 4 is 45.2 Å². The highest BCUT2D eigenvalue weighted by molar-refractivity contribution is 8.13. The summed E-state index contributed by atoms with van der Waals surface area (Å²) in [6.07, 6.45) is 3.17. The highest BCUT2D eigenvalue weighted by Gasteiger charge is 2.29. The van der Waals surface area contributed by atoms with Gasteiger partial charge in [0.15, 0.2) is 0 Å². The van der Waals surface area contributed by atoms with Crippen LogP contribution < -0.4 is 5.32 Å². The van der Waals surface area contributed by atoms with Gasteiger partial charge in [0, 0.05) is 30.3 Å². The summed E-state index contributed by atoms with van der Waals surface area (Å²) < 4.78 is 0. The molecule has 3 amide bonds. The number of carbonyl (C=O) groups is 3. The number of anilines is 1. The van der Waals surface area contributed by atoms with E-state index in [1.807, 2.05) is 42.2 Å². The molecule has 2 aliphatic rings. The number of likely N-dealkylation sites (tertiary alicyclic amines) is 1. The Labute approximate surface area is 184 Å². The summed E-state index contributed by atoms with van der Waals surface area (Å²) in [4.78, 5) is 42.3. The lowest BCUT2D eigenvalue weighted by atomic mass is 10.0. The Balaban J connectivity index is 1.64. The first-order valence-corrected chi connectivity index (χ1v) is 12.0. The van der Waals surface area contributed by atoms with Gasteiger partial charge in [-0.3, -0.25) is 14.4 Å². The lowest BCUT2D eigenvalue weighted by molar-refractivity contribution is -0.116. The van der Waals surface area contributed by atoms with E-state index < -0.39 is 0 Å². The molecular formula is C22H25N3O3S2. The average molecular weight is 444 g/mol. The van der Waals surface area contributed by atoms with Crippen molar-refractivity contribution in [1.82, 2.24) is 9.80 Å². The molecule has 2 saturated heterocycles. The number of rotatable bonds is 5. The molecule has 30 heavy (non-hydrogen) atoms. The second kappa shape index (κ2) is 9.22. The zero-order chi connectivity index (χ0) is 21.1. The van der Waals surface area contributed by atoms with Gasteiger partial charge in [0.2, 0.25) is 5.91 Å². The fourth-order valence-electron chi connectivity index (χ4n) is 3.89. The third kappa shape index (κ3) is 4.39. The van der Waals surface area contributed by atoms with Crippen molar-refractivity contribution in [1.29, 1.82) is 0 Å². The Hall–Kier alpha value is -2.32. The third-order valence-corrected chi connectivity index (χ3v) is 7.62. The summed E-state index contributed by atoms with van der Waals surface area (Å²) >= 11 is 2.66. The van der Waals surface area contributed by atoms with E-state index in [1.165, 1.54) is 23.1 Å². The van der Waals surface area contributed by atoms with Crippen molar-refractivity contribution in [2.75, 3.05) is 37.2 Å². The van der Waals surface area contributed by atoms with Crippen LogP contribution in [0.5, 0.6) is 0 Å². The normalized spacial score (nSPS) is 16.8. The Kier molecular flexibility index (Phi) is 6.43. The van der Waals surface area contributed by atoms with Crippen molar-refractivity contribution in [2.24, 2.45) is 0 Å². The van der Waals surface area contributed by atoms with E-state index in [2.05, 4.69) is 5.32 Å². The number of amides is 3. The number of piperidine rings is 1. The van der Waals surface area contributed by atoms with Gasteiger partial charge < -0.3 is 15.1 Å². The molecule has 0 radical (unpaired) electrons. The van der Waals surface area contributed by atoms with Crippen LogP contribution in [0.15, 0.2) is 30.3 Å². The van der Waals surface area contributed by atoms with Gasteiger partial charge in [-0.2, -0.15) is 0 Å². The number of hydrogen-bond acceptors (Lipinski definition) is 5. The molecule has 3 heterocycles. The number of carbonyl (C=O) groups excluding carboxylic acids is 3. The second-order valence-electron chi connectivity index (χ2n) is 7.56. The molecule has 0 atom stereocenters. The van der Waals surface area contributed by atoms with Gasteiger partial charge in [0.1, 0.15) is 11.5 Å². The third-order valence-electron chi connectivity index (χ3n) is 5.47. The fourth-order valence-corrected chi connectivity index (χ4v) is 5.93. The van der Waals surface area contributed by atoms with Crippen LogP contribution in [0.3, 0.4) is 0 Å². The highest BCUT2D eigenvalue weighted by Crippen LogP contribution is 2.40. The molecular weight excluding hydrogens is 418 g/mol. The van der Waals surface area contributed by atoms with Gasteiger partial charge in [-0.15, -0.1) is 11.3 Å². The first-order chi connectivity index (χ1) is 14.5. The van der Waals surface area contributed by atoms with Crippen LogP contribution in [0.1, 0.15) is 35.2 Å². The molecule has 2 fully saturated rings. The summed E-state index contributed by atoms with van der Waals surface area (Å²) in [6, 6.07) is 9.92. The molecule has 0 saturated carbocycles. The lowest BCUT2D eigenvalue weighted by Crippen LogP contribution is -2.37. The molecule has 0 unspecified atom stereocenters. The van der Waals surface area contributed by atoms with Gasteiger partial charge in [0.05, 0.1) is 5.56 Å². The van der Waals surface area contributed by atoms with Crippen LogP contribution in [-0.4, -0.2) is 58.8 Å². The first-order valence-electron chi connectivity index (χ1n) is 10.2. The van der Waals surface area contributed by atoms with Crippen LogP contribution >= 0.6 is 23.1 Å². The van der Waals surface area contributed by atoms with Crippen molar-refractivity contribution < 1.29 is 14.4 Å². The van der Waals surface area contributed by atoms with E-state index in [9.17, 15) is 14.4 Å². The summed E-state index contributed by atoms with van der Waals surface area (Å²) in [5.74, 6) is 0.425. The predicted molar refractivity (Wildman–Crippen MR) is 122 cm³/mol. The highest BCUT2D eigenvalue weighted by atomic mass is 32.2. The minimum atomic E-state index is -0.264. The number of hydrogen-bond donors (Lipinski definition) is 1. The number of nitrogens with one attached hydrogen (secondary N) is 1. The van der Waals surface area contributed by atoms with Crippen LogP contribution in [0, 0.1) is 6.92 Å². The smallest absolute Gasteiger partial charge is 0.282 e. The van der Waals surface area contributed by atoms with Crippen LogP contribution in [0.4, 0.5) is 9.80 Å². The molecule has 0 bridgehead atoms. The van der Waals surface area contributed by atoms with E-state index in [-0.39, 0.29) is 23.6 Å². The van der Waals surface area contributed by atoms with Crippen molar-refractivity contribution in [3.8, 4) is 10.4 Å². The average Bonchev–Trinajstić information content (AvgIpc) is 3.31. The number of nitrogens with zero attached hydrogens (tertiary/aromatic N) is 2. The maximum atomic E-state index is 13.4. The van der Waals surface area contributed by atoms with Gasteiger partial charge in [0.25, 0.3) is 11.1 Å². The minimum Gasteiger partial charge on any atom is -0.339 e. The van der Waals surface area contributed by atoms with Gasteiger partial charge in [-0.1, -0.05) is 42.1 Å². The summed E-state index contributed by atoms with van der Waals surface area (Å²) in [7, 11) is 0. The Morgan fingerprint density at radius 1 is 1.07 bits per heavy atom. The molecule has 6 nitrogen and oxygen atoms in total. The quantitative estimate of drug-likeness (QED) is 0.741. The van der Waals surface area contributed by atoms with Crippen molar-refractivity contribution in [3.63, 3.8) is 0 Å². The van der Waals surface area contributed by atoms with Crippen molar-refractivity contribution in [3.05, 3.63) is 41.5 Å². The van der Waals surface area contributed by atoms with Crippen LogP contribution in [-0.2, 0) is 4.79 Å². The van der Waals surface area contributed by atoms with E-state index in [4.69, 9.17) is 0 Å². The number of benzene rings is 1. The Bertz CT molecular complexity index is 952. The molecule has 0 aliphatic carbocycles.